The molecular weight excluding hydrogens is 216 g/mol. The van der Waals surface area contributed by atoms with Gasteiger partial charge in [0.1, 0.15) is 0 Å². The van der Waals surface area contributed by atoms with Gasteiger partial charge in [-0.2, -0.15) is 0 Å². The van der Waals surface area contributed by atoms with E-state index in [1.807, 2.05) is 0 Å². The van der Waals surface area contributed by atoms with Crippen molar-refractivity contribution >= 4 is 5.97 Å². The summed E-state index contributed by atoms with van der Waals surface area (Å²) in [7, 11) is 0. The summed E-state index contributed by atoms with van der Waals surface area (Å²) in [6.07, 6.45) is 5.28. The number of aliphatic carboxylic acids is 1. The lowest BCUT2D eigenvalue weighted by Gasteiger charge is -2.27. The Balaban J connectivity index is 1.79. The molecule has 0 heterocycles. The van der Waals surface area contributed by atoms with Gasteiger partial charge in [0.2, 0.25) is 0 Å². The summed E-state index contributed by atoms with van der Waals surface area (Å²) < 4.78 is 6.06. The molecule has 2 unspecified atom stereocenters. The van der Waals surface area contributed by atoms with E-state index in [0.717, 1.165) is 25.7 Å². The number of rotatable bonds is 3. The first-order chi connectivity index (χ1) is 7.88. The van der Waals surface area contributed by atoms with Crippen LogP contribution in [0.3, 0.4) is 0 Å². The van der Waals surface area contributed by atoms with Crippen LogP contribution < -0.4 is 0 Å². The van der Waals surface area contributed by atoms with Crippen LogP contribution in [-0.4, -0.2) is 23.3 Å². The number of carboxylic acid groups (broad SMARTS) is 1. The summed E-state index contributed by atoms with van der Waals surface area (Å²) in [5.74, 6) is -0.172. The summed E-state index contributed by atoms with van der Waals surface area (Å²) in [6.45, 7) is 6.76. The highest BCUT2D eigenvalue weighted by molar-refractivity contribution is 5.70. The molecule has 17 heavy (non-hydrogen) atoms. The van der Waals surface area contributed by atoms with Gasteiger partial charge in [-0.05, 0) is 37.0 Å². The Morgan fingerprint density at radius 3 is 2.47 bits per heavy atom. The fraction of sp³-hybridized carbons (Fsp3) is 0.929. The SMILES string of the molecule is CC(C)(C)C1CC1O[C@H]1CCC[C@H](C(=O)O)C1. The Kier molecular flexibility index (Phi) is 3.48. The van der Waals surface area contributed by atoms with Gasteiger partial charge in [0.15, 0.2) is 0 Å². The van der Waals surface area contributed by atoms with Crippen molar-refractivity contribution in [1.82, 2.24) is 0 Å². The highest BCUT2D eigenvalue weighted by Crippen LogP contribution is 2.48. The van der Waals surface area contributed by atoms with Gasteiger partial charge in [-0.3, -0.25) is 4.79 Å². The maximum atomic E-state index is 11.0. The normalized spacial score (nSPS) is 37.8. The fourth-order valence-electron chi connectivity index (χ4n) is 2.97. The van der Waals surface area contributed by atoms with E-state index < -0.39 is 5.97 Å². The second kappa shape index (κ2) is 4.60. The van der Waals surface area contributed by atoms with Gasteiger partial charge >= 0.3 is 5.97 Å². The number of ether oxygens (including phenoxy) is 1. The first kappa shape index (κ1) is 12.9. The summed E-state index contributed by atoms with van der Waals surface area (Å²) in [6, 6.07) is 0. The molecule has 0 radical (unpaired) electrons. The molecular formula is C14H24O3. The minimum Gasteiger partial charge on any atom is -0.481 e. The average Bonchev–Trinajstić information content (AvgIpc) is 2.97. The molecule has 3 nitrogen and oxygen atoms in total. The molecule has 98 valence electrons. The second-order valence-electron chi connectivity index (χ2n) is 6.71. The molecule has 0 saturated heterocycles. The molecule has 0 aliphatic heterocycles. The predicted octanol–water partition coefficient (Wildman–Crippen LogP) is 3.08. The lowest BCUT2D eigenvalue weighted by molar-refractivity contribution is -0.145. The minimum atomic E-state index is -0.651. The molecule has 3 heteroatoms. The maximum Gasteiger partial charge on any atom is 0.306 e. The standard InChI is InChI=1S/C14H24O3/c1-14(2,3)11-8-12(11)17-10-6-4-5-9(7-10)13(15)16/h9-12H,4-8H2,1-3H3,(H,15,16)/t9-,10-,11?,12?/m0/s1. The lowest BCUT2D eigenvalue weighted by Crippen LogP contribution is -2.29. The van der Waals surface area contributed by atoms with Crippen molar-refractivity contribution in [3.63, 3.8) is 0 Å². The monoisotopic (exact) mass is 240 g/mol. The van der Waals surface area contributed by atoms with Gasteiger partial charge in [0, 0.05) is 0 Å². The van der Waals surface area contributed by atoms with Crippen molar-refractivity contribution in [2.75, 3.05) is 0 Å². The predicted molar refractivity (Wildman–Crippen MR) is 65.8 cm³/mol. The van der Waals surface area contributed by atoms with E-state index in [4.69, 9.17) is 9.84 Å². The van der Waals surface area contributed by atoms with Crippen molar-refractivity contribution in [2.45, 2.75) is 65.1 Å². The van der Waals surface area contributed by atoms with Crippen LogP contribution in [0.25, 0.3) is 0 Å². The minimum absolute atomic E-state index is 0.180. The summed E-state index contributed by atoms with van der Waals surface area (Å²) in [4.78, 5) is 11.0. The molecule has 4 atom stereocenters. The molecule has 2 aliphatic carbocycles. The smallest absolute Gasteiger partial charge is 0.306 e. The van der Waals surface area contributed by atoms with Gasteiger partial charge in [-0.15, -0.1) is 0 Å². The van der Waals surface area contributed by atoms with Crippen molar-refractivity contribution in [2.24, 2.45) is 17.3 Å². The molecule has 2 aliphatic rings. The Hall–Kier alpha value is -0.570. The van der Waals surface area contributed by atoms with E-state index in [1.54, 1.807) is 0 Å². The lowest BCUT2D eigenvalue weighted by atomic mass is 9.87. The zero-order valence-corrected chi connectivity index (χ0v) is 11.1. The highest BCUT2D eigenvalue weighted by atomic mass is 16.5. The van der Waals surface area contributed by atoms with Gasteiger partial charge in [-0.1, -0.05) is 27.2 Å². The van der Waals surface area contributed by atoms with Crippen LogP contribution in [0.15, 0.2) is 0 Å². The van der Waals surface area contributed by atoms with Crippen LogP contribution in [0.5, 0.6) is 0 Å². The Morgan fingerprint density at radius 1 is 1.24 bits per heavy atom. The zero-order valence-electron chi connectivity index (χ0n) is 11.1. The highest BCUT2D eigenvalue weighted by Gasteiger charge is 2.47. The number of hydrogen-bond acceptors (Lipinski definition) is 2. The van der Waals surface area contributed by atoms with Crippen molar-refractivity contribution < 1.29 is 14.6 Å². The molecule has 0 aromatic carbocycles. The Bertz CT molecular complexity index is 292. The van der Waals surface area contributed by atoms with Crippen LogP contribution in [-0.2, 0) is 9.53 Å². The van der Waals surface area contributed by atoms with E-state index in [1.165, 1.54) is 0 Å². The van der Waals surface area contributed by atoms with E-state index in [0.29, 0.717) is 23.9 Å². The third-order valence-corrected chi connectivity index (χ3v) is 4.19. The van der Waals surface area contributed by atoms with E-state index in [9.17, 15) is 4.79 Å². The van der Waals surface area contributed by atoms with Crippen LogP contribution in [0.2, 0.25) is 0 Å². The van der Waals surface area contributed by atoms with Crippen LogP contribution in [0, 0.1) is 17.3 Å². The third kappa shape index (κ3) is 3.21. The molecule has 0 amide bonds. The van der Waals surface area contributed by atoms with Crippen LogP contribution in [0.4, 0.5) is 0 Å². The van der Waals surface area contributed by atoms with Crippen LogP contribution in [0.1, 0.15) is 52.9 Å². The molecule has 1 N–H and O–H groups in total. The molecule has 0 aromatic rings. The number of carbonyl (C=O) groups is 1. The van der Waals surface area contributed by atoms with Crippen molar-refractivity contribution in [3.05, 3.63) is 0 Å². The maximum absolute atomic E-state index is 11.0. The summed E-state index contributed by atoms with van der Waals surface area (Å²) in [5, 5.41) is 9.03. The van der Waals surface area contributed by atoms with Gasteiger partial charge in [-0.25, -0.2) is 0 Å². The van der Waals surface area contributed by atoms with Gasteiger partial charge < -0.3 is 9.84 Å². The zero-order chi connectivity index (χ0) is 12.6. The van der Waals surface area contributed by atoms with Crippen molar-refractivity contribution in [1.29, 1.82) is 0 Å². The van der Waals surface area contributed by atoms with Crippen LogP contribution >= 0.6 is 0 Å². The Morgan fingerprint density at radius 2 is 1.94 bits per heavy atom. The number of carboxylic acids is 1. The first-order valence-corrected chi connectivity index (χ1v) is 6.76. The third-order valence-electron chi connectivity index (χ3n) is 4.19. The first-order valence-electron chi connectivity index (χ1n) is 6.76. The molecule has 2 fully saturated rings. The molecule has 2 rings (SSSR count). The number of hydrogen-bond donors (Lipinski definition) is 1. The average molecular weight is 240 g/mol. The molecule has 2 saturated carbocycles. The molecule has 0 bridgehead atoms. The van der Waals surface area contributed by atoms with Gasteiger partial charge in [0.25, 0.3) is 0 Å². The van der Waals surface area contributed by atoms with Gasteiger partial charge in [0.05, 0.1) is 18.1 Å². The van der Waals surface area contributed by atoms with Crippen molar-refractivity contribution in [3.8, 4) is 0 Å². The largest absolute Gasteiger partial charge is 0.481 e. The Labute approximate surface area is 104 Å². The molecule has 0 spiro atoms. The quantitative estimate of drug-likeness (QED) is 0.824. The van der Waals surface area contributed by atoms with E-state index in [2.05, 4.69) is 20.8 Å². The summed E-state index contributed by atoms with van der Waals surface area (Å²) >= 11 is 0. The fourth-order valence-corrected chi connectivity index (χ4v) is 2.97. The van der Waals surface area contributed by atoms with E-state index >= 15 is 0 Å². The second-order valence-corrected chi connectivity index (χ2v) is 6.71. The molecule has 0 aromatic heterocycles. The van der Waals surface area contributed by atoms with E-state index in [-0.39, 0.29) is 12.0 Å². The topological polar surface area (TPSA) is 46.5 Å². The summed E-state index contributed by atoms with van der Waals surface area (Å²) in [5.41, 5.74) is 0.325.